The lowest BCUT2D eigenvalue weighted by Crippen LogP contribution is -2.49. The molecular formula is C30H64O3Si. The number of hydrogen-bond acceptors (Lipinski definition) is 3. The molecule has 0 aliphatic carbocycles. The molecule has 1 N–H and O–H groups in total. The standard InChI is InChI=1S/C30H64O3Si/c1-8-9-10-11-12-13-14-15-16-17-18-19-20-21-22-23-24-32-25-30(31)26-33-34(27(2)3,28(4)5)29(6)7/h27-31H,8-26H2,1-7H3/t30-/m1/s1. The minimum atomic E-state index is -1.90. The van der Waals surface area contributed by atoms with Gasteiger partial charge in [-0.3, -0.25) is 0 Å². The Balaban J connectivity index is 3.55. The van der Waals surface area contributed by atoms with Crippen LogP contribution in [0.3, 0.4) is 0 Å². The first-order valence-corrected chi connectivity index (χ1v) is 17.3. The maximum atomic E-state index is 10.4. The van der Waals surface area contributed by atoms with E-state index in [2.05, 4.69) is 48.5 Å². The zero-order valence-electron chi connectivity index (χ0n) is 24.5. The van der Waals surface area contributed by atoms with Crippen molar-refractivity contribution in [3.8, 4) is 0 Å². The van der Waals surface area contributed by atoms with Gasteiger partial charge in [-0.2, -0.15) is 0 Å². The van der Waals surface area contributed by atoms with Crippen molar-refractivity contribution in [1.29, 1.82) is 0 Å². The van der Waals surface area contributed by atoms with Gasteiger partial charge in [0.15, 0.2) is 8.32 Å². The molecule has 4 heteroatoms. The first-order valence-electron chi connectivity index (χ1n) is 15.2. The Labute approximate surface area is 216 Å². The maximum absolute atomic E-state index is 10.4. The lowest BCUT2D eigenvalue weighted by molar-refractivity contribution is 0.00724. The fraction of sp³-hybridized carbons (Fsp3) is 1.00. The van der Waals surface area contributed by atoms with Gasteiger partial charge in [0.05, 0.1) is 19.3 Å². The Kier molecular flexibility index (Phi) is 22.4. The van der Waals surface area contributed by atoms with Crippen molar-refractivity contribution in [1.82, 2.24) is 0 Å². The molecule has 0 aliphatic rings. The predicted molar refractivity (Wildman–Crippen MR) is 153 cm³/mol. The second-order valence-electron chi connectivity index (χ2n) is 11.7. The van der Waals surface area contributed by atoms with Gasteiger partial charge in [-0.1, -0.05) is 145 Å². The third kappa shape index (κ3) is 16.0. The average Bonchev–Trinajstić information content (AvgIpc) is 2.78. The van der Waals surface area contributed by atoms with Crippen LogP contribution in [0.2, 0.25) is 16.6 Å². The van der Waals surface area contributed by atoms with E-state index in [9.17, 15) is 5.11 Å². The highest BCUT2D eigenvalue weighted by Crippen LogP contribution is 2.42. The van der Waals surface area contributed by atoms with Crippen LogP contribution >= 0.6 is 0 Å². The lowest BCUT2D eigenvalue weighted by Gasteiger charge is -2.42. The van der Waals surface area contributed by atoms with E-state index in [1.54, 1.807) is 0 Å². The number of unbranched alkanes of at least 4 members (excludes halogenated alkanes) is 15. The van der Waals surface area contributed by atoms with Gasteiger partial charge in [-0.25, -0.2) is 0 Å². The monoisotopic (exact) mass is 500 g/mol. The van der Waals surface area contributed by atoms with Crippen molar-refractivity contribution in [3.05, 3.63) is 0 Å². The topological polar surface area (TPSA) is 38.7 Å². The molecule has 0 radical (unpaired) electrons. The Hall–Kier alpha value is 0.0969. The summed E-state index contributed by atoms with van der Waals surface area (Å²) >= 11 is 0. The van der Waals surface area contributed by atoms with Gasteiger partial charge in [0.1, 0.15) is 0 Å². The minimum absolute atomic E-state index is 0.400. The van der Waals surface area contributed by atoms with Crippen molar-refractivity contribution in [2.45, 2.75) is 174 Å². The third-order valence-electron chi connectivity index (χ3n) is 7.69. The quantitative estimate of drug-likeness (QED) is 0.100. The molecule has 0 aromatic heterocycles. The van der Waals surface area contributed by atoms with Crippen LogP contribution in [0.1, 0.15) is 151 Å². The second-order valence-corrected chi connectivity index (χ2v) is 17.1. The van der Waals surface area contributed by atoms with E-state index in [1.165, 1.54) is 96.3 Å². The number of rotatable bonds is 25. The predicted octanol–water partition coefficient (Wildman–Crippen LogP) is 9.82. The first-order chi connectivity index (χ1) is 16.3. The van der Waals surface area contributed by atoms with Gasteiger partial charge >= 0.3 is 0 Å². The molecule has 0 rings (SSSR count). The molecule has 0 saturated carbocycles. The Bertz CT molecular complexity index is 403. The molecule has 206 valence electrons. The van der Waals surface area contributed by atoms with Crippen LogP contribution in [0.25, 0.3) is 0 Å². The zero-order chi connectivity index (χ0) is 25.7. The molecule has 0 amide bonds. The second kappa shape index (κ2) is 22.3. The maximum Gasteiger partial charge on any atom is 0.200 e. The van der Waals surface area contributed by atoms with Crippen molar-refractivity contribution in [2.75, 3.05) is 19.8 Å². The van der Waals surface area contributed by atoms with E-state index in [0.29, 0.717) is 29.8 Å². The summed E-state index contributed by atoms with van der Waals surface area (Å²) in [6.07, 6.45) is 21.6. The highest BCUT2D eigenvalue weighted by Gasteiger charge is 2.45. The molecule has 0 aliphatic heterocycles. The van der Waals surface area contributed by atoms with Gasteiger partial charge in [0, 0.05) is 6.61 Å². The largest absolute Gasteiger partial charge is 0.413 e. The fourth-order valence-corrected chi connectivity index (χ4v) is 11.2. The Morgan fingerprint density at radius 1 is 0.529 bits per heavy atom. The lowest BCUT2D eigenvalue weighted by atomic mass is 10.0. The number of hydrogen-bond donors (Lipinski definition) is 1. The zero-order valence-corrected chi connectivity index (χ0v) is 25.5. The summed E-state index contributed by atoms with van der Waals surface area (Å²) in [7, 11) is -1.90. The highest BCUT2D eigenvalue weighted by molar-refractivity contribution is 6.77. The first kappa shape index (κ1) is 34.1. The molecule has 0 fully saturated rings. The molecule has 0 saturated heterocycles. The smallest absolute Gasteiger partial charge is 0.200 e. The molecule has 0 aromatic rings. The molecule has 0 bridgehead atoms. The normalized spacial score (nSPS) is 13.5. The van der Waals surface area contributed by atoms with Crippen LogP contribution in [-0.2, 0) is 9.16 Å². The van der Waals surface area contributed by atoms with Crippen molar-refractivity contribution in [2.24, 2.45) is 0 Å². The fourth-order valence-electron chi connectivity index (χ4n) is 5.76. The van der Waals surface area contributed by atoms with Crippen LogP contribution in [0.15, 0.2) is 0 Å². The van der Waals surface area contributed by atoms with Crippen LogP contribution in [0.5, 0.6) is 0 Å². The molecule has 34 heavy (non-hydrogen) atoms. The SMILES string of the molecule is CCCCCCCCCCCCCCCCCCOC[C@@H](O)CO[Si](C(C)C)(C(C)C)C(C)C. The van der Waals surface area contributed by atoms with Crippen LogP contribution in [0.4, 0.5) is 0 Å². The summed E-state index contributed by atoms with van der Waals surface area (Å²) in [4.78, 5) is 0. The Morgan fingerprint density at radius 3 is 1.24 bits per heavy atom. The molecular weight excluding hydrogens is 436 g/mol. The van der Waals surface area contributed by atoms with E-state index in [1.807, 2.05) is 0 Å². The van der Waals surface area contributed by atoms with Gasteiger partial charge in [-0.05, 0) is 23.0 Å². The molecule has 1 atom stereocenters. The van der Waals surface area contributed by atoms with Crippen LogP contribution in [0, 0.1) is 0 Å². The Morgan fingerprint density at radius 2 is 0.882 bits per heavy atom. The molecule has 0 unspecified atom stereocenters. The van der Waals surface area contributed by atoms with E-state index in [4.69, 9.17) is 9.16 Å². The average molecular weight is 501 g/mol. The third-order valence-corrected chi connectivity index (χ3v) is 13.8. The molecule has 0 aromatic carbocycles. The molecule has 3 nitrogen and oxygen atoms in total. The minimum Gasteiger partial charge on any atom is -0.413 e. The van der Waals surface area contributed by atoms with Crippen LogP contribution in [-0.4, -0.2) is 39.3 Å². The summed E-state index contributed by atoms with van der Waals surface area (Å²) in [5.41, 5.74) is 1.64. The van der Waals surface area contributed by atoms with Gasteiger partial charge < -0.3 is 14.3 Å². The van der Waals surface area contributed by atoms with E-state index >= 15 is 0 Å². The van der Waals surface area contributed by atoms with Gasteiger partial charge in [0.2, 0.25) is 0 Å². The van der Waals surface area contributed by atoms with E-state index in [0.717, 1.165) is 13.0 Å². The number of ether oxygens (including phenoxy) is 1. The number of aliphatic hydroxyl groups excluding tert-OH is 1. The van der Waals surface area contributed by atoms with Crippen molar-refractivity contribution < 1.29 is 14.3 Å². The summed E-state index contributed by atoms with van der Waals surface area (Å²) in [5, 5.41) is 10.4. The van der Waals surface area contributed by atoms with Crippen molar-refractivity contribution >= 4 is 8.32 Å². The van der Waals surface area contributed by atoms with E-state index in [-0.39, 0.29) is 0 Å². The van der Waals surface area contributed by atoms with Gasteiger partial charge in [-0.15, -0.1) is 0 Å². The summed E-state index contributed by atoms with van der Waals surface area (Å²) < 4.78 is 12.2. The summed E-state index contributed by atoms with van der Waals surface area (Å²) in [6.45, 7) is 17.6. The molecule has 0 spiro atoms. The van der Waals surface area contributed by atoms with Crippen molar-refractivity contribution in [3.63, 3.8) is 0 Å². The number of aliphatic hydroxyl groups is 1. The van der Waals surface area contributed by atoms with Crippen LogP contribution < -0.4 is 0 Å². The molecule has 0 heterocycles. The summed E-state index contributed by atoms with van der Waals surface area (Å²) in [5.74, 6) is 0. The highest BCUT2D eigenvalue weighted by atomic mass is 28.4. The van der Waals surface area contributed by atoms with Gasteiger partial charge in [0.25, 0.3) is 0 Å². The van der Waals surface area contributed by atoms with E-state index < -0.39 is 14.4 Å². The summed E-state index contributed by atoms with van der Waals surface area (Å²) in [6, 6.07) is 0.